The van der Waals surface area contributed by atoms with Crippen molar-refractivity contribution in [2.24, 2.45) is 0 Å². The molecule has 74 valence electrons. The van der Waals surface area contributed by atoms with Crippen LogP contribution in [0.1, 0.15) is 6.92 Å². The third-order valence-corrected chi connectivity index (χ3v) is 1.79. The van der Waals surface area contributed by atoms with Gasteiger partial charge in [0.2, 0.25) is 0 Å². The lowest BCUT2D eigenvalue weighted by Crippen LogP contribution is -1.74. The lowest BCUT2D eigenvalue weighted by atomic mass is 10.1. The van der Waals surface area contributed by atoms with Crippen LogP contribution in [0.3, 0.4) is 0 Å². The number of fused-ring (bicyclic) bond motifs is 1. The van der Waals surface area contributed by atoms with E-state index in [9.17, 15) is 0 Å². The van der Waals surface area contributed by atoms with Crippen LogP contribution in [0.2, 0.25) is 0 Å². The molecule has 0 aliphatic heterocycles. The summed E-state index contributed by atoms with van der Waals surface area (Å²) in [6.45, 7) is 2.08. The molecule has 0 fully saturated rings. The number of hydrogen-bond donors (Lipinski definition) is 1. The van der Waals surface area contributed by atoms with Gasteiger partial charge in [-0.1, -0.05) is 48.5 Å². The molecular weight excluding hydrogens is 176 g/mol. The van der Waals surface area contributed by atoms with Gasteiger partial charge in [-0.3, -0.25) is 5.26 Å². The zero-order valence-corrected chi connectivity index (χ0v) is 8.18. The van der Waals surface area contributed by atoms with Crippen LogP contribution in [-0.4, -0.2) is 11.9 Å². The van der Waals surface area contributed by atoms with Crippen LogP contribution >= 0.6 is 0 Å². The average molecular weight is 190 g/mol. The molecule has 0 aliphatic carbocycles. The maximum absolute atomic E-state index is 7.38. The molecule has 2 rings (SSSR count). The lowest BCUT2D eigenvalue weighted by molar-refractivity contribution is -0.237. The Hall–Kier alpha value is -1.38. The highest BCUT2D eigenvalue weighted by Gasteiger charge is 1.85. The van der Waals surface area contributed by atoms with E-state index in [4.69, 9.17) is 5.26 Å². The van der Waals surface area contributed by atoms with E-state index in [1.807, 2.05) is 0 Å². The van der Waals surface area contributed by atoms with E-state index >= 15 is 0 Å². The van der Waals surface area contributed by atoms with Gasteiger partial charge in [0.15, 0.2) is 0 Å². The molecule has 0 bridgehead atoms. The highest BCUT2D eigenvalue weighted by Crippen LogP contribution is 2.11. The van der Waals surface area contributed by atoms with Crippen molar-refractivity contribution in [2.75, 3.05) is 6.61 Å². The summed E-state index contributed by atoms with van der Waals surface area (Å²) in [4.78, 5) is 3.54. The fourth-order valence-corrected chi connectivity index (χ4v) is 1.13. The van der Waals surface area contributed by atoms with Crippen molar-refractivity contribution in [3.8, 4) is 0 Å². The molecule has 2 nitrogen and oxygen atoms in total. The van der Waals surface area contributed by atoms with Crippen molar-refractivity contribution >= 4 is 10.8 Å². The Morgan fingerprint density at radius 2 is 1.21 bits per heavy atom. The van der Waals surface area contributed by atoms with Crippen molar-refractivity contribution in [1.82, 2.24) is 0 Å². The van der Waals surface area contributed by atoms with E-state index in [1.54, 1.807) is 6.92 Å². The van der Waals surface area contributed by atoms with Gasteiger partial charge >= 0.3 is 0 Å². The molecule has 0 aliphatic rings. The van der Waals surface area contributed by atoms with Gasteiger partial charge in [-0.2, -0.15) is 0 Å². The molecule has 2 aromatic carbocycles. The van der Waals surface area contributed by atoms with Gasteiger partial charge in [0.1, 0.15) is 0 Å². The zero-order chi connectivity index (χ0) is 10.2. The quantitative estimate of drug-likeness (QED) is 0.552. The Labute approximate surface area is 83.7 Å². The van der Waals surface area contributed by atoms with Crippen molar-refractivity contribution < 1.29 is 10.1 Å². The van der Waals surface area contributed by atoms with Crippen molar-refractivity contribution in [3.63, 3.8) is 0 Å². The van der Waals surface area contributed by atoms with Crippen LogP contribution in [0.25, 0.3) is 10.8 Å². The van der Waals surface area contributed by atoms with Gasteiger partial charge in [0, 0.05) is 0 Å². The first-order valence-corrected chi connectivity index (χ1v) is 4.58. The molecule has 0 spiro atoms. The van der Waals surface area contributed by atoms with Crippen molar-refractivity contribution in [1.29, 1.82) is 0 Å². The monoisotopic (exact) mass is 190 g/mol. The first-order chi connectivity index (χ1) is 6.88. The fraction of sp³-hybridized carbons (Fsp3) is 0.167. The molecule has 2 aromatic rings. The minimum absolute atomic E-state index is 0.375. The van der Waals surface area contributed by atoms with Crippen LogP contribution in [0.5, 0.6) is 0 Å². The molecular formula is C12H14O2. The Morgan fingerprint density at radius 1 is 0.929 bits per heavy atom. The Balaban J connectivity index is 0.000000213. The summed E-state index contributed by atoms with van der Waals surface area (Å²) in [6, 6.07) is 16.7. The van der Waals surface area contributed by atoms with Gasteiger partial charge in [-0.05, 0) is 17.7 Å². The van der Waals surface area contributed by atoms with Crippen LogP contribution in [-0.2, 0) is 4.89 Å². The van der Waals surface area contributed by atoms with E-state index in [2.05, 4.69) is 53.4 Å². The van der Waals surface area contributed by atoms with Crippen LogP contribution in [0.15, 0.2) is 48.5 Å². The number of rotatable bonds is 1. The largest absolute Gasteiger partial charge is 0.252 e. The zero-order valence-electron chi connectivity index (χ0n) is 8.18. The first-order valence-electron chi connectivity index (χ1n) is 4.58. The van der Waals surface area contributed by atoms with E-state index in [0.29, 0.717) is 6.61 Å². The molecule has 1 N–H and O–H groups in total. The molecule has 14 heavy (non-hydrogen) atoms. The summed E-state index contributed by atoms with van der Waals surface area (Å²) in [5.74, 6) is 0. The van der Waals surface area contributed by atoms with Crippen molar-refractivity contribution in [2.45, 2.75) is 6.92 Å². The molecule has 0 saturated carbocycles. The Morgan fingerprint density at radius 3 is 1.43 bits per heavy atom. The van der Waals surface area contributed by atoms with Gasteiger partial charge in [0.05, 0.1) is 6.61 Å². The van der Waals surface area contributed by atoms with Crippen LogP contribution in [0.4, 0.5) is 0 Å². The van der Waals surface area contributed by atoms with E-state index in [1.165, 1.54) is 10.8 Å². The minimum Gasteiger partial charge on any atom is -0.252 e. The average Bonchev–Trinajstić information content (AvgIpc) is 2.30. The summed E-state index contributed by atoms with van der Waals surface area (Å²) < 4.78 is 0. The van der Waals surface area contributed by atoms with Crippen LogP contribution in [0, 0.1) is 0 Å². The topological polar surface area (TPSA) is 29.5 Å². The maximum atomic E-state index is 7.38. The minimum atomic E-state index is 0.375. The molecule has 0 radical (unpaired) electrons. The second kappa shape index (κ2) is 6.13. The van der Waals surface area contributed by atoms with Gasteiger partial charge in [-0.15, -0.1) is 0 Å². The predicted octanol–water partition coefficient (Wildman–Crippen LogP) is 3.34. The summed E-state index contributed by atoms with van der Waals surface area (Å²) in [6.07, 6.45) is 0. The van der Waals surface area contributed by atoms with E-state index < -0.39 is 0 Å². The Kier molecular flexibility index (Phi) is 4.69. The highest BCUT2D eigenvalue weighted by molar-refractivity contribution is 5.81. The second-order valence-corrected chi connectivity index (χ2v) is 2.76. The molecule has 0 amide bonds. The summed E-state index contributed by atoms with van der Waals surface area (Å²) in [7, 11) is 0. The third kappa shape index (κ3) is 3.17. The molecule has 0 atom stereocenters. The van der Waals surface area contributed by atoms with E-state index in [0.717, 1.165) is 0 Å². The Bertz CT molecular complexity index is 304. The standard InChI is InChI=1S/C10H8.C2H6O2/c1-2-6-10-8-4-3-7-9(10)5-1;1-2-4-3/h1-8H;3H,2H2,1H3. The van der Waals surface area contributed by atoms with Crippen molar-refractivity contribution in [3.05, 3.63) is 48.5 Å². The first kappa shape index (κ1) is 10.7. The summed E-state index contributed by atoms with van der Waals surface area (Å²) >= 11 is 0. The lowest BCUT2D eigenvalue weighted by Gasteiger charge is -1.92. The molecule has 0 aromatic heterocycles. The molecule has 0 unspecified atom stereocenters. The van der Waals surface area contributed by atoms with E-state index in [-0.39, 0.29) is 0 Å². The highest BCUT2D eigenvalue weighted by atomic mass is 17.1. The summed E-state index contributed by atoms with van der Waals surface area (Å²) in [5.41, 5.74) is 0. The molecule has 2 heteroatoms. The third-order valence-electron chi connectivity index (χ3n) is 1.79. The van der Waals surface area contributed by atoms with Gasteiger partial charge in [0.25, 0.3) is 0 Å². The van der Waals surface area contributed by atoms with Gasteiger partial charge in [-0.25, -0.2) is 4.89 Å². The summed E-state index contributed by atoms with van der Waals surface area (Å²) in [5, 5.41) is 10.00. The normalized spacial score (nSPS) is 9.29. The molecule has 0 heterocycles. The number of hydrogen-bond acceptors (Lipinski definition) is 2. The maximum Gasteiger partial charge on any atom is 0.0791 e. The predicted molar refractivity (Wildman–Crippen MR) is 58.2 cm³/mol. The molecule has 0 saturated heterocycles. The second-order valence-electron chi connectivity index (χ2n) is 2.76. The van der Waals surface area contributed by atoms with Gasteiger partial charge < -0.3 is 0 Å². The number of benzene rings is 2. The smallest absolute Gasteiger partial charge is 0.0791 e. The fourth-order valence-electron chi connectivity index (χ4n) is 1.13. The SMILES string of the molecule is CCOO.c1ccc2ccccc2c1. The van der Waals surface area contributed by atoms with Crippen LogP contribution < -0.4 is 0 Å².